The number of carboxylic acids is 1. The normalized spacial score (nSPS) is 15.6. The lowest BCUT2D eigenvalue weighted by molar-refractivity contribution is -0.139. The largest absolute Gasteiger partial charge is 0.481 e. The summed E-state index contributed by atoms with van der Waals surface area (Å²) in [5.41, 5.74) is 6.06. The monoisotopic (exact) mass is 456 g/mol. The second-order valence-electron chi connectivity index (χ2n) is 8.42. The van der Waals surface area contributed by atoms with Crippen molar-refractivity contribution in [2.45, 2.75) is 39.7 Å². The highest BCUT2D eigenvalue weighted by molar-refractivity contribution is 7.15. The predicted octanol–water partition coefficient (Wildman–Crippen LogP) is 5.57. The number of nitrogens with zero attached hydrogens (tertiary/aromatic N) is 4. The fourth-order valence-corrected chi connectivity index (χ4v) is 5.69. The van der Waals surface area contributed by atoms with Gasteiger partial charge in [-0.2, -0.15) is 0 Å². The van der Waals surface area contributed by atoms with Crippen molar-refractivity contribution in [3.8, 4) is 16.1 Å². The van der Waals surface area contributed by atoms with E-state index in [0.717, 1.165) is 38.6 Å². The third-order valence-electron chi connectivity index (χ3n) is 6.37. The minimum absolute atomic E-state index is 0.556. The van der Waals surface area contributed by atoms with Crippen molar-refractivity contribution in [3.63, 3.8) is 0 Å². The van der Waals surface area contributed by atoms with Crippen molar-refractivity contribution >= 4 is 23.5 Å². The van der Waals surface area contributed by atoms with Crippen LogP contribution >= 0.6 is 11.3 Å². The zero-order valence-electron chi connectivity index (χ0n) is 18.9. The Kier molecular flexibility index (Phi) is 5.21. The molecule has 1 unspecified atom stereocenters. The summed E-state index contributed by atoms with van der Waals surface area (Å²) >= 11 is 1.66. The zero-order chi connectivity index (χ0) is 23.3. The summed E-state index contributed by atoms with van der Waals surface area (Å²) in [5, 5.41) is 20.0. The maximum absolute atomic E-state index is 12.6. The van der Waals surface area contributed by atoms with E-state index in [1.807, 2.05) is 61.0 Å². The molecule has 3 heterocycles. The van der Waals surface area contributed by atoms with Crippen LogP contribution in [0.4, 0.5) is 0 Å². The molecule has 0 saturated carbocycles. The summed E-state index contributed by atoms with van der Waals surface area (Å²) in [6, 6.07) is 15.3. The van der Waals surface area contributed by atoms with Crippen molar-refractivity contribution < 1.29 is 9.90 Å². The van der Waals surface area contributed by atoms with Gasteiger partial charge in [0.15, 0.2) is 5.82 Å². The third kappa shape index (κ3) is 3.49. The molecule has 1 aliphatic heterocycles. The van der Waals surface area contributed by atoms with Crippen LogP contribution in [0, 0.1) is 27.7 Å². The molecule has 2 aromatic carbocycles. The number of carbonyl (C=O) groups is 1. The molecule has 0 amide bonds. The molecule has 0 radical (unpaired) electrons. The Labute approximate surface area is 196 Å². The van der Waals surface area contributed by atoms with Gasteiger partial charge in [-0.25, -0.2) is 0 Å². The van der Waals surface area contributed by atoms with E-state index in [1.54, 1.807) is 11.3 Å². The Morgan fingerprint density at radius 1 is 1.06 bits per heavy atom. The number of hydrogen-bond donors (Lipinski definition) is 1. The van der Waals surface area contributed by atoms with Crippen LogP contribution in [0.25, 0.3) is 16.1 Å². The van der Waals surface area contributed by atoms with Crippen LogP contribution in [0.2, 0.25) is 0 Å². The van der Waals surface area contributed by atoms with Gasteiger partial charge in [0.25, 0.3) is 0 Å². The number of fused-ring (bicyclic) bond motifs is 3. The summed E-state index contributed by atoms with van der Waals surface area (Å²) in [6.07, 6.45) is 1.81. The number of aliphatic carboxylic acids is 1. The molecule has 0 fully saturated rings. The van der Waals surface area contributed by atoms with Crippen LogP contribution in [0.5, 0.6) is 0 Å². The van der Waals surface area contributed by atoms with Crippen LogP contribution in [0.1, 0.15) is 50.7 Å². The highest BCUT2D eigenvalue weighted by atomic mass is 32.1. The van der Waals surface area contributed by atoms with Crippen LogP contribution in [-0.2, 0) is 4.79 Å². The smallest absolute Gasteiger partial charge is 0.313 e. The quantitative estimate of drug-likeness (QED) is 0.435. The van der Waals surface area contributed by atoms with Gasteiger partial charge in [-0.3, -0.25) is 14.4 Å². The van der Waals surface area contributed by atoms with Gasteiger partial charge in [0, 0.05) is 16.7 Å². The number of rotatable bonds is 4. The SMILES string of the molecule is Cc1cc(C(C(=O)O)[C@@H]2N=Cc3c(sc(C)c3C)-n3c(C)nnc32)ccc1-c1ccccc1. The summed E-state index contributed by atoms with van der Waals surface area (Å²) in [4.78, 5) is 18.6. The maximum Gasteiger partial charge on any atom is 0.313 e. The number of carboxylic acid groups (broad SMARTS) is 1. The Morgan fingerprint density at radius 2 is 1.82 bits per heavy atom. The third-order valence-corrected chi connectivity index (χ3v) is 7.58. The number of aromatic nitrogens is 3. The van der Waals surface area contributed by atoms with Crippen molar-refractivity contribution in [2.75, 3.05) is 0 Å². The molecule has 1 N–H and O–H groups in total. The standard InChI is InChI=1S/C26H24N4O2S/c1-14-12-19(10-11-20(14)18-8-6-5-7-9-18)22(26(31)32)23-24-29-28-17(4)30(24)25-21(13-27-23)15(2)16(3)33-25/h5-13,22-23H,1-4H3,(H,31,32)/t22?,23-/m0/s1. The topological polar surface area (TPSA) is 80.4 Å². The van der Waals surface area contributed by atoms with E-state index in [4.69, 9.17) is 4.99 Å². The first kappa shape index (κ1) is 21.3. The molecule has 6 nitrogen and oxygen atoms in total. The Bertz CT molecular complexity index is 1400. The fraction of sp³-hybridized carbons (Fsp3) is 0.231. The van der Waals surface area contributed by atoms with E-state index in [9.17, 15) is 9.90 Å². The van der Waals surface area contributed by atoms with Crippen molar-refractivity contribution in [1.29, 1.82) is 0 Å². The van der Waals surface area contributed by atoms with Gasteiger partial charge in [0.2, 0.25) is 0 Å². The van der Waals surface area contributed by atoms with E-state index in [2.05, 4.69) is 36.2 Å². The lowest BCUT2D eigenvalue weighted by Crippen LogP contribution is -2.21. The lowest BCUT2D eigenvalue weighted by atomic mass is 9.88. The average molecular weight is 457 g/mol. The maximum atomic E-state index is 12.6. The second kappa shape index (κ2) is 8.08. The first-order chi connectivity index (χ1) is 15.9. The fourth-order valence-electron chi connectivity index (χ4n) is 4.50. The molecule has 0 spiro atoms. The zero-order valence-corrected chi connectivity index (χ0v) is 19.7. The number of thiophene rings is 1. The van der Waals surface area contributed by atoms with E-state index in [-0.39, 0.29) is 0 Å². The van der Waals surface area contributed by atoms with Gasteiger partial charge in [0.1, 0.15) is 22.8 Å². The van der Waals surface area contributed by atoms with E-state index in [1.165, 1.54) is 4.88 Å². The molecule has 2 aromatic heterocycles. The summed E-state index contributed by atoms with van der Waals surface area (Å²) in [5.74, 6) is -0.541. The number of hydrogen-bond acceptors (Lipinski definition) is 5. The predicted molar refractivity (Wildman–Crippen MR) is 131 cm³/mol. The van der Waals surface area contributed by atoms with Gasteiger partial charge < -0.3 is 5.11 Å². The Hall–Kier alpha value is -3.58. The van der Waals surface area contributed by atoms with Crippen LogP contribution in [0.3, 0.4) is 0 Å². The van der Waals surface area contributed by atoms with Crippen molar-refractivity contribution in [3.05, 3.63) is 87.3 Å². The first-order valence-electron chi connectivity index (χ1n) is 10.8. The minimum Gasteiger partial charge on any atom is -0.481 e. The lowest BCUT2D eigenvalue weighted by Gasteiger charge is -2.21. The number of aliphatic imine (C=N–C) groups is 1. The molecule has 1 aliphatic rings. The highest BCUT2D eigenvalue weighted by Gasteiger charge is 2.37. The summed E-state index contributed by atoms with van der Waals surface area (Å²) in [6.45, 7) is 8.05. The van der Waals surface area contributed by atoms with Gasteiger partial charge in [-0.15, -0.1) is 21.5 Å². The molecule has 2 atom stereocenters. The van der Waals surface area contributed by atoms with Gasteiger partial charge in [-0.1, -0.05) is 48.5 Å². The van der Waals surface area contributed by atoms with E-state index >= 15 is 0 Å². The van der Waals surface area contributed by atoms with E-state index < -0.39 is 17.9 Å². The molecule has 7 heteroatoms. The Balaban J connectivity index is 1.63. The van der Waals surface area contributed by atoms with Crippen molar-refractivity contribution in [2.24, 2.45) is 4.99 Å². The van der Waals surface area contributed by atoms with Crippen LogP contribution in [-0.4, -0.2) is 32.1 Å². The van der Waals surface area contributed by atoms with Crippen molar-refractivity contribution in [1.82, 2.24) is 14.8 Å². The van der Waals surface area contributed by atoms with Crippen LogP contribution in [0.15, 0.2) is 53.5 Å². The van der Waals surface area contributed by atoms with Gasteiger partial charge >= 0.3 is 5.97 Å². The first-order valence-corrected chi connectivity index (χ1v) is 11.6. The molecule has 0 aliphatic carbocycles. The molecule has 33 heavy (non-hydrogen) atoms. The summed E-state index contributed by atoms with van der Waals surface area (Å²) in [7, 11) is 0. The molecule has 4 aromatic rings. The highest BCUT2D eigenvalue weighted by Crippen LogP contribution is 2.41. The second-order valence-corrected chi connectivity index (χ2v) is 9.63. The van der Waals surface area contributed by atoms with Crippen LogP contribution < -0.4 is 0 Å². The van der Waals surface area contributed by atoms with E-state index in [0.29, 0.717) is 11.4 Å². The average Bonchev–Trinajstić information content (AvgIpc) is 3.25. The molecular weight excluding hydrogens is 432 g/mol. The molecule has 166 valence electrons. The Morgan fingerprint density at radius 3 is 2.52 bits per heavy atom. The minimum atomic E-state index is -0.936. The summed E-state index contributed by atoms with van der Waals surface area (Å²) < 4.78 is 1.97. The molecule has 0 bridgehead atoms. The molecular formula is C26H24N4O2S. The van der Waals surface area contributed by atoms with Gasteiger partial charge in [-0.05, 0) is 55.5 Å². The number of aryl methyl sites for hydroxylation is 3. The van der Waals surface area contributed by atoms with Gasteiger partial charge in [0.05, 0.1) is 0 Å². The molecule has 5 rings (SSSR count). The number of benzene rings is 2. The molecule has 0 saturated heterocycles.